The fourth-order valence-corrected chi connectivity index (χ4v) is 3.11. The Hall–Kier alpha value is -2.10. The van der Waals surface area contributed by atoms with Crippen molar-refractivity contribution < 1.29 is 4.79 Å². The molecule has 3 rings (SSSR count). The van der Waals surface area contributed by atoms with E-state index in [9.17, 15) is 4.79 Å². The second-order valence-electron chi connectivity index (χ2n) is 6.27. The largest absolute Gasteiger partial charge is 0.357 e. The summed E-state index contributed by atoms with van der Waals surface area (Å²) in [7, 11) is 1.89. The summed E-state index contributed by atoms with van der Waals surface area (Å²) in [5, 5.41) is 10.5. The number of aliphatic imine (C=N–C) groups is 1. The quantitative estimate of drug-likeness (QED) is 0.389. The molecule has 8 heteroatoms. The third kappa shape index (κ3) is 5.44. The van der Waals surface area contributed by atoms with E-state index in [1.807, 2.05) is 43.1 Å². The molecule has 0 spiro atoms. The highest BCUT2D eigenvalue weighted by Crippen LogP contribution is 2.26. The molecule has 0 bridgehead atoms. The maximum Gasteiger partial charge on any atom is 0.246 e. The Morgan fingerprint density at radius 2 is 2.07 bits per heavy atom. The number of carbonyl (C=O) groups excluding carboxylic acids is 1. The Balaban J connectivity index is 0.00000261. The lowest BCUT2D eigenvalue weighted by molar-refractivity contribution is -0.117. The average molecular weight is 482 g/mol. The number of halogens is 1. The first kappa shape index (κ1) is 21.2. The van der Waals surface area contributed by atoms with Gasteiger partial charge in [-0.1, -0.05) is 18.2 Å². The smallest absolute Gasteiger partial charge is 0.246 e. The number of para-hydroxylation sites is 1. The maximum absolute atomic E-state index is 12.7. The first-order valence-corrected chi connectivity index (χ1v) is 9.06. The van der Waals surface area contributed by atoms with Crippen LogP contribution in [0.2, 0.25) is 0 Å². The Kier molecular flexibility index (Phi) is 8.08. The molecule has 0 radical (unpaired) electrons. The van der Waals surface area contributed by atoms with Crippen LogP contribution in [0.1, 0.15) is 24.6 Å². The van der Waals surface area contributed by atoms with Gasteiger partial charge in [-0.05, 0) is 37.5 Å². The van der Waals surface area contributed by atoms with Crippen LogP contribution >= 0.6 is 24.0 Å². The van der Waals surface area contributed by atoms with Crippen molar-refractivity contribution in [2.45, 2.75) is 26.3 Å². The van der Waals surface area contributed by atoms with Crippen LogP contribution in [-0.4, -0.2) is 41.3 Å². The number of hydrogen-bond acceptors (Lipinski definition) is 3. The van der Waals surface area contributed by atoms with E-state index >= 15 is 0 Å². The van der Waals surface area contributed by atoms with Gasteiger partial charge in [-0.3, -0.25) is 9.48 Å². The summed E-state index contributed by atoms with van der Waals surface area (Å²) < 4.78 is 1.79. The monoisotopic (exact) mass is 482 g/mol. The van der Waals surface area contributed by atoms with Crippen molar-refractivity contribution in [2.75, 3.05) is 24.5 Å². The van der Waals surface area contributed by atoms with Gasteiger partial charge in [0.1, 0.15) is 0 Å². The Morgan fingerprint density at radius 1 is 1.26 bits per heavy atom. The average Bonchev–Trinajstić information content (AvgIpc) is 3.08. The number of fused-ring (bicyclic) bond motifs is 1. The lowest BCUT2D eigenvalue weighted by atomic mass is 10.0. The molecular weight excluding hydrogens is 455 g/mol. The predicted octanol–water partition coefficient (Wildman–Crippen LogP) is 2.07. The van der Waals surface area contributed by atoms with Gasteiger partial charge >= 0.3 is 0 Å². The molecule has 0 saturated heterocycles. The molecule has 1 aromatic heterocycles. The molecule has 0 fully saturated rings. The summed E-state index contributed by atoms with van der Waals surface area (Å²) in [6, 6.07) is 10.1. The number of aryl methyl sites for hydroxylation is 2. The van der Waals surface area contributed by atoms with E-state index in [0.29, 0.717) is 12.5 Å². The first-order chi connectivity index (χ1) is 12.7. The summed E-state index contributed by atoms with van der Waals surface area (Å²) in [6.45, 7) is 4.22. The zero-order valence-electron chi connectivity index (χ0n) is 15.8. The molecule has 1 amide bonds. The Bertz CT molecular complexity index is 788. The molecule has 1 aliphatic rings. The molecule has 1 aromatic carbocycles. The summed E-state index contributed by atoms with van der Waals surface area (Å²) in [5.74, 6) is 0.690. The van der Waals surface area contributed by atoms with Gasteiger partial charge in [0.05, 0.1) is 18.8 Å². The number of amides is 1. The Morgan fingerprint density at radius 3 is 2.81 bits per heavy atom. The van der Waals surface area contributed by atoms with Crippen molar-refractivity contribution in [3.05, 3.63) is 47.8 Å². The summed E-state index contributed by atoms with van der Waals surface area (Å²) in [4.78, 5) is 19.1. The highest BCUT2D eigenvalue weighted by atomic mass is 127. The fourth-order valence-electron chi connectivity index (χ4n) is 3.11. The van der Waals surface area contributed by atoms with Crippen molar-refractivity contribution in [2.24, 2.45) is 12.0 Å². The van der Waals surface area contributed by atoms with E-state index in [0.717, 1.165) is 37.3 Å². The van der Waals surface area contributed by atoms with E-state index in [-0.39, 0.29) is 36.4 Å². The minimum absolute atomic E-state index is 0. The third-order valence-corrected chi connectivity index (χ3v) is 4.48. The van der Waals surface area contributed by atoms with E-state index in [2.05, 4.69) is 26.8 Å². The zero-order valence-corrected chi connectivity index (χ0v) is 18.1. The molecule has 146 valence electrons. The SMILES string of the molecule is CCNC(=NCc1ccnn1C)NCC(=O)N1CCCc2ccccc21.I. The number of aromatic nitrogens is 2. The number of anilines is 1. The fraction of sp³-hybridized carbons (Fsp3) is 0.421. The van der Waals surface area contributed by atoms with E-state index in [1.165, 1.54) is 5.56 Å². The number of nitrogens with one attached hydrogen (secondary N) is 2. The molecule has 27 heavy (non-hydrogen) atoms. The molecule has 0 saturated carbocycles. The second kappa shape index (κ2) is 10.3. The van der Waals surface area contributed by atoms with Gasteiger partial charge in [0.2, 0.25) is 5.91 Å². The maximum atomic E-state index is 12.7. The van der Waals surface area contributed by atoms with Gasteiger partial charge in [0.15, 0.2) is 5.96 Å². The van der Waals surface area contributed by atoms with E-state index in [1.54, 1.807) is 10.9 Å². The van der Waals surface area contributed by atoms with Crippen LogP contribution < -0.4 is 15.5 Å². The van der Waals surface area contributed by atoms with Crippen LogP contribution in [0.15, 0.2) is 41.5 Å². The second-order valence-corrected chi connectivity index (χ2v) is 6.27. The van der Waals surface area contributed by atoms with Gasteiger partial charge in [-0.15, -0.1) is 24.0 Å². The van der Waals surface area contributed by atoms with Crippen LogP contribution in [-0.2, 0) is 24.8 Å². The lowest BCUT2D eigenvalue weighted by Crippen LogP contribution is -2.46. The standard InChI is InChI=1S/C19H26N6O.HI/c1-3-20-19(21-13-16-10-11-23-24(16)2)22-14-18(26)25-12-6-8-15-7-4-5-9-17(15)25;/h4-5,7,9-11H,3,6,8,12-14H2,1-2H3,(H2,20,21,22);1H. The summed E-state index contributed by atoms with van der Waals surface area (Å²) in [5.41, 5.74) is 3.28. The van der Waals surface area contributed by atoms with Crippen molar-refractivity contribution in [3.8, 4) is 0 Å². The zero-order chi connectivity index (χ0) is 18.4. The van der Waals surface area contributed by atoms with Gasteiger partial charge in [-0.2, -0.15) is 5.10 Å². The Labute approximate surface area is 177 Å². The van der Waals surface area contributed by atoms with E-state index < -0.39 is 0 Å². The summed E-state index contributed by atoms with van der Waals surface area (Å²) >= 11 is 0. The molecule has 2 heterocycles. The van der Waals surface area contributed by atoms with Crippen molar-refractivity contribution >= 4 is 41.5 Å². The van der Waals surface area contributed by atoms with Crippen LogP contribution in [0.5, 0.6) is 0 Å². The number of carbonyl (C=O) groups is 1. The van der Waals surface area contributed by atoms with Gasteiger partial charge in [0.25, 0.3) is 0 Å². The normalized spacial score (nSPS) is 13.6. The molecule has 2 aromatic rings. The molecule has 0 aliphatic carbocycles. The molecule has 0 atom stereocenters. The molecular formula is C19H27IN6O. The first-order valence-electron chi connectivity index (χ1n) is 9.06. The summed E-state index contributed by atoms with van der Waals surface area (Å²) in [6.07, 6.45) is 3.78. The topological polar surface area (TPSA) is 74.5 Å². The molecule has 7 nitrogen and oxygen atoms in total. The number of benzene rings is 1. The molecule has 0 unspecified atom stereocenters. The van der Waals surface area contributed by atoms with Crippen LogP contribution in [0.3, 0.4) is 0 Å². The minimum Gasteiger partial charge on any atom is -0.357 e. The number of guanidine groups is 1. The van der Waals surface area contributed by atoms with Crippen LogP contribution in [0, 0.1) is 0 Å². The highest BCUT2D eigenvalue weighted by Gasteiger charge is 2.21. The predicted molar refractivity (Wildman–Crippen MR) is 119 cm³/mol. The van der Waals surface area contributed by atoms with Crippen molar-refractivity contribution in [1.82, 2.24) is 20.4 Å². The molecule has 2 N–H and O–H groups in total. The molecule has 1 aliphatic heterocycles. The number of hydrogen-bond donors (Lipinski definition) is 2. The minimum atomic E-state index is 0. The lowest BCUT2D eigenvalue weighted by Gasteiger charge is -2.29. The third-order valence-electron chi connectivity index (χ3n) is 4.48. The number of nitrogens with zero attached hydrogens (tertiary/aromatic N) is 4. The van der Waals surface area contributed by atoms with Crippen molar-refractivity contribution in [3.63, 3.8) is 0 Å². The van der Waals surface area contributed by atoms with Crippen molar-refractivity contribution in [1.29, 1.82) is 0 Å². The van der Waals surface area contributed by atoms with Gasteiger partial charge in [-0.25, -0.2) is 4.99 Å². The number of rotatable bonds is 5. The van der Waals surface area contributed by atoms with Gasteiger partial charge in [0, 0.05) is 32.0 Å². The van der Waals surface area contributed by atoms with Gasteiger partial charge < -0.3 is 15.5 Å². The highest BCUT2D eigenvalue weighted by molar-refractivity contribution is 14.0. The van der Waals surface area contributed by atoms with Crippen LogP contribution in [0.4, 0.5) is 5.69 Å². The van der Waals surface area contributed by atoms with Crippen LogP contribution in [0.25, 0.3) is 0 Å². The van der Waals surface area contributed by atoms with E-state index in [4.69, 9.17) is 0 Å².